The molecule has 5 heteroatoms. The normalized spacial score (nSPS) is 11.8. The molecule has 0 heterocycles. The third kappa shape index (κ3) is 4.72. The lowest BCUT2D eigenvalue weighted by atomic mass is 10.5. The molecule has 0 aromatic rings. The molecular formula is C5H11O4S. The zero-order valence-corrected chi connectivity index (χ0v) is 6.69. The van der Waals surface area contributed by atoms with E-state index in [0.29, 0.717) is 0 Å². The fraction of sp³-hybridized carbons (Fsp3) is 1.00. The summed E-state index contributed by atoms with van der Waals surface area (Å²) in [5.74, 6) is -0.0359. The summed E-state index contributed by atoms with van der Waals surface area (Å²) in [6.45, 7) is 1.21. The number of hydrogen-bond acceptors (Lipinski definition) is 3. The first-order chi connectivity index (χ1) is 4.62. The topological polar surface area (TPSA) is 63.3 Å². The van der Waals surface area contributed by atoms with Gasteiger partial charge in [-0.15, -0.1) is 0 Å². The Labute approximate surface area is 60.9 Å². The smallest absolute Gasteiger partial charge is 0.267 e. The molecule has 0 unspecified atom stereocenters. The molecule has 0 aliphatic carbocycles. The number of rotatable bonds is 5. The highest BCUT2D eigenvalue weighted by atomic mass is 32.2. The summed E-state index contributed by atoms with van der Waals surface area (Å²) in [7, 11) is -3.33. The van der Waals surface area contributed by atoms with Crippen LogP contribution >= 0.6 is 0 Å². The van der Waals surface area contributed by atoms with Crippen LogP contribution in [0, 0.1) is 0 Å². The summed E-state index contributed by atoms with van der Waals surface area (Å²) in [5, 5.41) is 9.83. The number of hydrogen-bond donors (Lipinski definition) is 0. The monoisotopic (exact) mass is 167 g/mol. The molecule has 0 spiro atoms. The van der Waals surface area contributed by atoms with Gasteiger partial charge in [-0.1, -0.05) is 0 Å². The lowest BCUT2D eigenvalue weighted by molar-refractivity contribution is 0.167. The first-order valence-electron chi connectivity index (χ1n) is 3.07. The zero-order chi connectivity index (χ0) is 8.04. The van der Waals surface area contributed by atoms with Gasteiger partial charge in [0.2, 0.25) is 0 Å². The van der Waals surface area contributed by atoms with Gasteiger partial charge in [-0.2, -0.15) is 8.42 Å². The van der Waals surface area contributed by atoms with Crippen LogP contribution in [0.2, 0.25) is 0 Å². The van der Waals surface area contributed by atoms with Crippen molar-refractivity contribution >= 4 is 10.1 Å². The van der Waals surface area contributed by atoms with Gasteiger partial charge in [-0.05, 0) is 13.3 Å². The molecule has 0 aliphatic rings. The minimum absolute atomic E-state index is 0.0136. The molecule has 1 radical (unpaired) electrons. The molecule has 0 aliphatic heterocycles. The Kier molecular flexibility index (Phi) is 4.59. The standard InChI is InChI=1S/C5H11O4S/c1-2-10(7,8)9-5-3-4-6/h2-5H2,1H3. The zero-order valence-electron chi connectivity index (χ0n) is 5.87. The lowest BCUT2D eigenvalue weighted by Gasteiger charge is -1.99. The maximum absolute atomic E-state index is 10.5. The SMILES string of the molecule is CCS(=O)(=O)OCCC[O]. The molecule has 61 valence electrons. The molecule has 0 saturated carbocycles. The van der Waals surface area contributed by atoms with Gasteiger partial charge in [-0.25, -0.2) is 5.11 Å². The summed E-state index contributed by atoms with van der Waals surface area (Å²) in [4.78, 5) is 0. The van der Waals surface area contributed by atoms with Crippen LogP contribution in [0.5, 0.6) is 0 Å². The first kappa shape index (κ1) is 9.87. The van der Waals surface area contributed by atoms with Gasteiger partial charge in [0, 0.05) is 0 Å². The molecule has 10 heavy (non-hydrogen) atoms. The van der Waals surface area contributed by atoms with E-state index in [4.69, 9.17) is 0 Å². The van der Waals surface area contributed by atoms with Crippen LogP contribution in [-0.2, 0) is 19.4 Å². The summed E-state index contributed by atoms with van der Waals surface area (Å²) in [6.07, 6.45) is 0.249. The van der Waals surface area contributed by atoms with Crippen LogP contribution in [0.4, 0.5) is 0 Å². The van der Waals surface area contributed by atoms with Gasteiger partial charge in [0.15, 0.2) is 0 Å². The molecule has 0 rings (SSSR count). The Morgan fingerprint density at radius 3 is 2.40 bits per heavy atom. The van der Waals surface area contributed by atoms with E-state index in [1.165, 1.54) is 6.92 Å². The highest BCUT2D eigenvalue weighted by molar-refractivity contribution is 7.86. The minimum atomic E-state index is -3.33. The Morgan fingerprint density at radius 2 is 2.00 bits per heavy atom. The molecule has 0 N–H and O–H groups in total. The van der Waals surface area contributed by atoms with E-state index in [2.05, 4.69) is 4.18 Å². The second-order valence-electron chi connectivity index (χ2n) is 1.73. The maximum Gasteiger partial charge on any atom is 0.267 e. The van der Waals surface area contributed by atoms with Gasteiger partial charge < -0.3 is 0 Å². The highest BCUT2D eigenvalue weighted by Crippen LogP contribution is 1.92. The van der Waals surface area contributed by atoms with E-state index in [9.17, 15) is 13.5 Å². The molecule has 0 aromatic carbocycles. The van der Waals surface area contributed by atoms with Crippen LogP contribution in [-0.4, -0.2) is 27.4 Å². The molecule has 0 saturated heterocycles. The molecular weight excluding hydrogens is 156 g/mol. The van der Waals surface area contributed by atoms with E-state index >= 15 is 0 Å². The van der Waals surface area contributed by atoms with Crippen molar-refractivity contribution in [3.05, 3.63) is 0 Å². The van der Waals surface area contributed by atoms with E-state index in [1.807, 2.05) is 0 Å². The summed E-state index contributed by atoms with van der Waals surface area (Å²) >= 11 is 0. The predicted octanol–water partition coefficient (Wildman–Crippen LogP) is 0.173. The van der Waals surface area contributed by atoms with E-state index in [1.54, 1.807) is 0 Å². The molecule has 4 nitrogen and oxygen atoms in total. The first-order valence-corrected chi connectivity index (χ1v) is 4.65. The second kappa shape index (κ2) is 4.65. The Bertz CT molecular complexity index is 160. The van der Waals surface area contributed by atoms with Crippen molar-refractivity contribution in [1.82, 2.24) is 0 Å². The molecule has 0 atom stereocenters. The van der Waals surface area contributed by atoms with Gasteiger partial charge >= 0.3 is 0 Å². The fourth-order valence-electron chi connectivity index (χ4n) is 0.328. The third-order valence-electron chi connectivity index (χ3n) is 0.905. The van der Waals surface area contributed by atoms with Gasteiger partial charge in [0.05, 0.1) is 19.0 Å². The predicted molar refractivity (Wildman–Crippen MR) is 35.6 cm³/mol. The van der Waals surface area contributed by atoms with Crippen LogP contribution in [0.1, 0.15) is 13.3 Å². The van der Waals surface area contributed by atoms with Gasteiger partial charge in [-0.3, -0.25) is 4.18 Å². The van der Waals surface area contributed by atoms with Crippen LogP contribution in [0.25, 0.3) is 0 Å². The van der Waals surface area contributed by atoms with Crippen molar-refractivity contribution in [3.63, 3.8) is 0 Å². The highest BCUT2D eigenvalue weighted by Gasteiger charge is 2.05. The van der Waals surface area contributed by atoms with E-state index in [0.717, 1.165) is 0 Å². The minimum Gasteiger partial charge on any atom is -0.270 e. The summed E-state index contributed by atoms with van der Waals surface area (Å²) < 4.78 is 25.5. The van der Waals surface area contributed by atoms with Gasteiger partial charge in [0.25, 0.3) is 10.1 Å². The Balaban J connectivity index is 3.49. The Morgan fingerprint density at radius 1 is 1.40 bits per heavy atom. The third-order valence-corrected chi connectivity index (χ3v) is 2.14. The van der Waals surface area contributed by atoms with Crippen LogP contribution < -0.4 is 0 Å². The van der Waals surface area contributed by atoms with E-state index in [-0.39, 0.29) is 25.4 Å². The molecule has 0 fully saturated rings. The van der Waals surface area contributed by atoms with Crippen molar-refractivity contribution in [2.45, 2.75) is 13.3 Å². The quantitative estimate of drug-likeness (QED) is 0.433. The largest absolute Gasteiger partial charge is 0.270 e. The van der Waals surface area contributed by atoms with Crippen molar-refractivity contribution in [1.29, 1.82) is 0 Å². The molecule has 0 aromatic heterocycles. The Hall–Kier alpha value is -0.130. The van der Waals surface area contributed by atoms with Crippen molar-refractivity contribution in [3.8, 4) is 0 Å². The summed E-state index contributed by atoms with van der Waals surface area (Å²) in [6, 6.07) is 0. The van der Waals surface area contributed by atoms with Crippen molar-refractivity contribution in [2.24, 2.45) is 0 Å². The van der Waals surface area contributed by atoms with Crippen LogP contribution in [0.15, 0.2) is 0 Å². The maximum atomic E-state index is 10.5. The van der Waals surface area contributed by atoms with Crippen molar-refractivity contribution < 1.29 is 17.7 Å². The lowest BCUT2D eigenvalue weighted by Crippen LogP contribution is -2.09. The van der Waals surface area contributed by atoms with E-state index < -0.39 is 10.1 Å². The average Bonchev–Trinajstić information content (AvgIpc) is 1.89. The average molecular weight is 167 g/mol. The van der Waals surface area contributed by atoms with Gasteiger partial charge in [0.1, 0.15) is 0 Å². The molecule has 0 bridgehead atoms. The molecule has 0 amide bonds. The van der Waals surface area contributed by atoms with Crippen molar-refractivity contribution in [2.75, 3.05) is 19.0 Å². The fourth-order valence-corrected chi connectivity index (χ4v) is 0.867. The van der Waals surface area contributed by atoms with Crippen LogP contribution in [0.3, 0.4) is 0 Å². The summed E-state index contributed by atoms with van der Waals surface area (Å²) in [5.41, 5.74) is 0. The second-order valence-corrected chi connectivity index (χ2v) is 3.65.